The van der Waals surface area contributed by atoms with Crippen molar-refractivity contribution >= 4 is 16.4 Å². The Balaban J connectivity index is 2.37. The van der Waals surface area contributed by atoms with Crippen LogP contribution in [0.2, 0.25) is 0 Å². The molecule has 0 saturated carbocycles. The number of esters is 1. The molecule has 0 aromatic carbocycles. The third-order valence-electron chi connectivity index (χ3n) is 10.8. The van der Waals surface area contributed by atoms with Crippen molar-refractivity contribution in [3.8, 4) is 0 Å². The Kier molecular flexibility index (Phi) is 39.5. The van der Waals surface area contributed by atoms with Gasteiger partial charge in [0, 0.05) is 13.0 Å². The van der Waals surface area contributed by atoms with Crippen LogP contribution in [0.1, 0.15) is 174 Å². The van der Waals surface area contributed by atoms with Crippen molar-refractivity contribution in [2.75, 3.05) is 26.4 Å². The summed E-state index contributed by atoms with van der Waals surface area (Å²) >= 11 is 0. The van der Waals surface area contributed by atoms with E-state index in [0.29, 0.717) is 13.0 Å². The molecule has 0 amide bonds. The quantitative estimate of drug-likeness (QED) is 0.0197. The summed E-state index contributed by atoms with van der Waals surface area (Å²) in [6.45, 7) is 3.81. The molecule has 1 rings (SSSR count). The maximum atomic E-state index is 12.9. The molecule has 65 heavy (non-hydrogen) atoms. The highest BCUT2D eigenvalue weighted by atomic mass is 32.3. The van der Waals surface area contributed by atoms with Gasteiger partial charge in [-0.15, -0.1) is 0 Å². The van der Waals surface area contributed by atoms with Crippen molar-refractivity contribution in [1.82, 2.24) is 0 Å². The second-order valence-electron chi connectivity index (χ2n) is 16.7. The Morgan fingerprint density at radius 3 is 1.57 bits per heavy atom. The Morgan fingerprint density at radius 2 is 1.06 bits per heavy atom. The maximum absolute atomic E-state index is 12.9. The van der Waals surface area contributed by atoms with E-state index in [9.17, 15) is 33.1 Å². The first kappa shape index (κ1) is 60.3. The fourth-order valence-electron chi connectivity index (χ4n) is 7.02. The van der Waals surface area contributed by atoms with Crippen molar-refractivity contribution in [3.05, 3.63) is 85.1 Å². The lowest BCUT2D eigenvalue weighted by Crippen LogP contribution is -2.60. The zero-order valence-corrected chi connectivity index (χ0v) is 40.8. The Morgan fingerprint density at radius 1 is 0.600 bits per heavy atom. The maximum Gasteiger partial charge on any atom is 0.397 e. The highest BCUT2D eigenvalue weighted by Crippen LogP contribution is 2.26. The molecule has 374 valence electrons. The van der Waals surface area contributed by atoms with Crippen LogP contribution in [0.3, 0.4) is 0 Å². The summed E-state index contributed by atoms with van der Waals surface area (Å²) in [6, 6.07) is 0. The van der Waals surface area contributed by atoms with Gasteiger partial charge < -0.3 is 34.3 Å². The minimum Gasteiger partial charge on any atom is -0.457 e. The molecule has 0 spiro atoms. The molecule has 6 atom stereocenters. The fourth-order valence-corrected chi connectivity index (χ4v) is 7.53. The van der Waals surface area contributed by atoms with Crippen LogP contribution in [0.25, 0.3) is 0 Å². The van der Waals surface area contributed by atoms with Gasteiger partial charge in [-0.25, -0.2) is 4.18 Å². The summed E-state index contributed by atoms with van der Waals surface area (Å²) in [4.78, 5) is 12.9. The van der Waals surface area contributed by atoms with Crippen molar-refractivity contribution in [1.29, 1.82) is 0 Å². The number of unbranched alkanes of at least 4 members (excludes halogenated alkanes) is 15. The van der Waals surface area contributed by atoms with Gasteiger partial charge in [0.25, 0.3) is 0 Å². The van der Waals surface area contributed by atoms with Crippen molar-refractivity contribution in [2.45, 2.75) is 211 Å². The van der Waals surface area contributed by atoms with Crippen LogP contribution >= 0.6 is 0 Å². The molecule has 0 radical (unpaired) electrons. The molecule has 1 heterocycles. The number of ether oxygens (including phenoxy) is 4. The first-order valence-electron chi connectivity index (χ1n) is 24.8. The van der Waals surface area contributed by atoms with E-state index in [4.69, 9.17) is 18.9 Å². The van der Waals surface area contributed by atoms with Crippen LogP contribution in [-0.2, 0) is 38.3 Å². The average Bonchev–Trinajstić information content (AvgIpc) is 3.28. The summed E-state index contributed by atoms with van der Waals surface area (Å²) in [7, 11) is -5.07. The van der Waals surface area contributed by atoms with Gasteiger partial charge in [-0.05, 0) is 89.9 Å². The topological polar surface area (TPSA) is 178 Å². The van der Waals surface area contributed by atoms with Gasteiger partial charge in [-0.3, -0.25) is 9.35 Å². The van der Waals surface area contributed by atoms with Gasteiger partial charge in [0.05, 0.1) is 19.8 Å². The molecular weight excluding hydrogens is 849 g/mol. The Bertz CT molecular complexity index is 1450. The zero-order chi connectivity index (χ0) is 47.5. The lowest BCUT2D eigenvalue weighted by molar-refractivity contribution is -0.301. The predicted molar refractivity (Wildman–Crippen MR) is 262 cm³/mol. The van der Waals surface area contributed by atoms with Crippen molar-refractivity contribution in [3.63, 3.8) is 0 Å². The molecule has 13 heteroatoms. The van der Waals surface area contributed by atoms with Crippen molar-refractivity contribution < 1.29 is 56.2 Å². The van der Waals surface area contributed by atoms with Gasteiger partial charge >= 0.3 is 16.4 Å². The number of rotatable bonds is 42. The third kappa shape index (κ3) is 36.1. The van der Waals surface area contributed by atoms with Crippen LogP contribution in [0.4, 0.5) is 0 Å². The second-order valence-corrected chi connectivity index (χ2v) is 17.7. The number of carbonyl (C=O) groups excluding carboxylic acids is 1. The summed E-state index contributed by atoms with van der Waals surface area (Å²) in [5.41, 5.74) is 0. The number of hydrogen-bond acceptors (Lipinski definition) is 11. The molecular formula is C52H88O12S. The van der Waals surface area contributed by atoms with E-state index >= 15 is 0 Å². The van der Waals surface area contributed by atoms with E-state index in [1.807, 2.05) is 0 Å². The molecule has 12 nitrogen and oxygen atoms in total. The van der Waals surface area contributed by atoms with Crippen molar-refractivity contribution in [2.24, 2.45) is 0 Å². The SMILES string of the molecule is CC/C=C\C/C=C\C/C=C\C/C=C\C/C=C\C/C=C\CCCCCCCCC(=O)OC(COCCCCCCCC/C=C\CCCCC)COC1OC(CO)C(O)C(OS(=O)(=O)O)C1O. The smallest absolute Gasteiger partial charge is 0.397 e. The molecule has 1 fully saturated rings. The molecule has 0 aliphatic carbocycles. The normalized spacial score (nSPS) is 20.4. The summed E-state index contributed by atoms with van der Waals surface area (Å²) in [5.74, 6) is -0.419. The number of allylic oxidation sites excluding steroid dienone is 14. The molecule has 0 bridgehead atoms. The first-order valence-corrected chi connectivity index (χ1v) is 26.2. The lowest BCUT2D eigenvalue weighted by atomic mass is 9.99. The van der Waals surface area contributed by atoms with Gasteiger partial charge in [0.1, 0.15) is 30.5 Å². The van der Waals surface area contributed by atoms with Gasteiger partial charge in [-0.2, -0.15) is 8.42 Å². The van der Waals surface area contributed by atoms with Gasteiger partial charge in [0.15, 0.2) is 6.29 Å². The van der Waals surface area contributed by atoms with Crippen LogP contribution in [0.5, 0.6) is 0 Å². The van der Waals surface area contributed by atoms with Crippen LogP contribution in [-0.4, -0.2) is 97.5 Å². The molecule has 1 saturated heterocycles. The zero-order valence-electron chi connectivity index (χ0n) is 40.0. The van der Waals surface area contributed by atoms with E-state index < -0.39 is 59.8 Å². The van der Waals surface area contributed by atoms with E-state index in [2.05, 4.69) is 103 Å². The van der Waals surface area contributed by atoms with Gasteiger partial charge in [-0.1, -0.05) is 163 Å². The van der Waals surface area contributed by atoms with Crippen LogP contribution < -0.4 is 0 Å². The lowest BCUT2D eigenvalue weighted by Gasteiger charge is -2.41. The average molecular weight is 937 g/mol. The molecule has 0 aromatic rings. The highest BCUT2D eigenvalue weighted by molar-refractivity contribution is 7.80. The van der Waals surface area contributed by atoms with E-state index in [-0.39, 0.29) is 19.6 Å². The first-order chi connectivity index (χ1) is 31.6. The summed E-state index contributed by atoms with van der Waals surface area (Å²) in [5, 5.41) is 30.7. The summed E-state index contributed by atoms with van der Waals surface area (Å²) in [6.07, 6.45) is 47.5. The molecule has 1 aliphatic heterocycles. The second kappa shape index (κ2) is 42.6. The number of hydrogen-bond donors (Lipinski definition) is 4. The molecule has 1 aliphatic rings. The minimum absolute atomic E-state index is 0.0207. The molecule has 4 N–H and O–H groups in total. The molecule has 0 aromatic heterocycles. The van der Waals surface area contributed by atoms with E-state index in [1.165, 1.54) is 38.5 Å². The molecule has 6 unspecified atom stereocenters. The Labute approximate surface area is 393 Å². The number of aliphatic hydroxyl groups excluding tert-OH is 3. The number of aliphatic hydroxyl groups is 3. The third-order valence-corrected chi connectivity index (χ3v) is 11.2. The summed E-state index contributed by atoms with van der Waals surface area (Å²) < 4.78 is 59.1. The number of carbonyl (C=O) groups is 1. The fraction of sp³-hybridized carbons (Fsp3) is 0.712. The monoisotopic (exact) mass is 937 g/mol. The largest absolute Gasteiger partial charge is 0.457 e. The standard InChI is InChI=1S/C52H88O12S/c1-3-5-7-9-11-13-15-17-18-19-20-21-22-23-24-25-26-27-28-29-31-33-35-37-39-41-48(54)62-46(44-60-42-40-38-36-34-32-30-16-14-12-10-8-6-4-2)45-61-52-50(56)51(64-65(57,58)59)49(55)47(43-53)63-52/h5,7,11-14,17-18,20-21,23-24,26-27,46-47,49-53,55-56H,3-4,6,8-10,15-16,19,22,25,28-45H2,1-2H3,(H,57,58,59)/b7-5-,13-11-,14-12-,18-17-,21-20-,24-23-,27-26-. The van der Waals surface area contributed by atoms with Gasteiger partial charge in [0.2, 0.25) is 0 Å². The van der Waals surface area contributed by atoms with Crippen LogP contribution in [0.15, 0.2) is 85.1 Å². The minimum atomic E-state index is -5.07. The van der Waals surface area contributed by atoms with E-state index in [1.54, 1.807) is 0 Å². The highest BCUT2D eigenvalue weighted by Gasteiger charge is 2.48. The predicted octanol–water partition coefficient (Wildman–Crippen LogP) is 11.2. The Hall–Kier alpha value is -2.72. The van der Waals surface area contributed by atoms with Crippen LogP contribution in [0, 0.1) is 0 Å². The van der Waals surface area contributed by atoms with E-state index in [0.717, 1.165) is 109 Å².